The van der Waals surface area contributed by atoms with Gasteiger partial charge in [0.2, 0.25) is 5.91 Å². The second kappa shape index (κ2) is 5.61. The molecule has 1 aliphatic rings. The number of nitrogens with one attached hydrogen (secondary N) is 1. The van der Waals surface area contributed by atoms with E-state index in [1.54, 1.807) is 7.05 Å². The molecule has 1 heterocycles. The van der Waals surface area contributed by atoms with Gasteiger partial charge >= 0.3 is 0 Å². The van der Waals surface area contributed by atoms with Crippen molar-refractivity contribution in [3.63, 3.8) is 0 Å². The lowest BCUT2D eigenvalue weighted by Gasteiger charge is -2.23. The molecular weight excluding hydrogens is 267 g/mol. The van der Waals surface area contributed by atoms with E-state index in [0.717, 1.165) is 6.42 Å². The zero-order valence-corrected chi connectivity index (χ0v) is 11.4. The molecule has 6 heteroatoms. The molecule has 1 fully saturated rings. The van der Waals surface area contributed by atoms with Gasteiger partial charge in [-0.2, -0.15) is 0 Å². The maximum atomic E-state index is 13.1. The van der Waals surface area contributed by atoms with Crippen molar-refractivity contribution in [3.8, 4) is 0 Å². The summed E-state index contributed by atoms with van der Waals surface area (Å²) in [6, 6.07) is 3.57. The van der Waals surface area contributed by atoms with E-state index in [1.807, 2.05) is 0 Å². The van der Waals surface area contributed by atoms with Crippen LogP contribution in [-0.2, 0) is 4.79 Å². The normalized spacial score (nSPS) is 18.5. The molecule has 0 spiro atoms. The molecule has 0 saturated carbocycles. The fourth-order valence-electron chi connectivity index (χ4n) is 2.26. The van der Waals surface area contributed by atoms with Crippen LogP contribution in [0.2, 0.25) is 0 Å². The van der Waals surface area contributed by atoms with Gasteiger partial charge in [0.1, 0.15) is 11.9 Å². The first-order valence-electron chi connectivity index (χ1n) is 6.05. The predicted octanol–water partition coefficient (Wildman–Crippen LogP) is 1.46. The summed E-state index contributed by atoms with van der Waals surface area (Å²) in [7, 11) is 1.55. The summed E-state index contributed by atoms with van der Waals surface area (Å²) in [5.41, 5.74) is 0.349. The highest BCUT2D eigenvalue weighted by Crippen LogP contribution is 2.22. The third-order valence-corrected chi connectivity index (χ3v) is 3.60. The molecule has 4 nitrogen and oxygen atoms in total. The molecule has 1 saturated heterocycles. The highest BCUT2D eigenvalue weighted by Gasteiger charge is 2.34. The van der Waals surface area contributed by atoms with Crippen LogP contribution in [0.5, 0.6) is 0 Å². The Morgan fingerprint density at radius 1 is 1.47 bits per heavy atom. The van der Waals surface area contributed by atoms with E-state index in [9.17, 15) is 14.0 Å². The fourth-order valence-corrected chi connectivity index (χ4v) is 2.47. The van der Waals surface area contributed by atoms with Crippen LogP contribution in [-0.4, -0.2) is 36.3 Å². The SMILES string of the molecule is CNC(=O)C1CCCN1C(=O)c1ccc(F)c(S)c1. The number of rotatable bonds is 2. The average Bonchev–Trinajstić information content (AvgIpc) is 2.89. The van der Waals surface area contributed by atoms with Crippen molar-refractivity contribution in [1.29, 1.82) is 0 Å². The second-order valence-electron chi connectivity index (χ2n) is 4.44. The Hall–Kier alpha value is -1.56. The van der Waals surface area contributed by atoms with E-state index in [2.05, 4.69) is 17.9 Å². The number of likely N-dealkylation sites (N-methyl/N-ethyl adjacent to an activating group) is 1. The lowest BCUT2D eigenvalue weighted by molar-refractivity contribution is -0.124. The standard InChI is InChI=1S/C13H15FN2O2S/c1-15-12(17)10-3-2-6-16(10)13(18)8-4-5-9(14)11(19)7-8/h4-5,7,10,19H,2-3,6H2,1H3,(H,15,17). The molecule has 1 aromatic carbocycles. The van der Waals surface area contributed by atoms with Gasteiger partial charge in [-0.15, -0.1) is 12.6 Å². The Balaban J connectivity index is 2.23. The lowest BCUT2D eigenvalue weighted by Crippen LogP contribution is -2.44. The largest absolute Gasteiger partial charge is 0.357 e. The van der Waals surface area contributed by atoms with Crippen LogP contribution in [0.1, 0.15) is 23.2 Å². The fraction of sp³-hybridized carbons (Fsp3) is 0.385. The molecule has 19 heavy (non-hydrogen) atoms. The molecule has 0 aliphatic carbocycles. The second-order valence-corrected chi connectivity index (χ2v) is 4.92. The van der Waals surface area contributed by atoms with Crippen LogP contribution in [0.15, 0.2) is 23.1 Å². The van der Waals surface area contributed by atoms with E-state index in [0.29, 0.717) is 18.5 Å². The highest BCUT2D eigenvalue weighted by molar-refractivity contribution is 7.80. The van der Waals surface area contributed by atoms with Gasteiger partial charge in [-0.05, 0) is 31.0 Å². The van der Waals surface area contributed by atoms with Crippen LogP contribution in [0.3, 0.4) is 0 Å². The molecule has 2 amide bonds. The van der Waals surface area contributed by atoms with E-state index in [-0.39, 0.29) is 16.7 Å². The summed E-state index contributed by atoms with van der Waals surface area (Å²) in [5, 5.41) is 2.56. The topological polar surface area (TPSA) is 49.4 Å². The molecule has 1 unspecified atom stereocenters. The smallest absolute Gasteiger partial charge is 0.254 e. The Morgan fingerprint density at radius 3 is 2.84 bits per heavy atom. The van der Waals surface area contributed by atoms with Gasteiger partial charge in [-0.1, -0.05) is 0 Å². The summed E-state index contributed by atoms with van der Waals surface area (Å²) in [4.78, 5) is 25.7. The molecule has 1 aromatic rings. The van der Waals surface area contributed by atoms with Crippen LogP contribution in [0.25, 0.3) is 0 Å². The highest BCUT2D eigenvalue weighted by atomic mass is 32.1. The molecule has 1 aliphatic heterocycles. The number of thiol groups is 1. The Bertz CT molecular complexity index is 521. The molecule has 2 rings (SSSR count). The van der Waals surface area contributed by atoms with Crippen LogP contribution < -0.4 is 5.32 Å². The summed E-state index contributed by atoms with van der Waals surface area (Å²) in [6.45, 7) is 0.538. The van der Waals surface area contributed by atoms with Gasteiger partial charge in [0.05, 0.1) is 0 Å². The molecule has 1 N–H and O–H groups in total. The zero-order chi connectivity index (χ0) is 14.0. The van der Waals surface area contributed by atoms with Crippen molar-refractivity contribution in [3.05, 3.63) is 29.6 Å². The first-order chi connectivity index (χ1) is 9.04. The van der Waals surface area contributed by atoms with E-state index < -0.39 is 11.9 Å². The number of likely N-dealkylation sites (tertiary alicyclic amines) is 1. The average molecular weight is 282 g/mol. The van der Waals surface area contributed by atoms with E-state index in [1.165, 1.54) is 23.1 Å². The van der Waals surface area contributed by atoms with E-state index in [4.69, 9.17) is 0 Å². The number of hydrogen-bond acceptors (Lipinski definition) is 3. The van der Waals surface area contributed by atoms with Gasteiger partial charge in [-0.3, -0.25) is 9.59 Å². The van der Waals surface area contributed by atoms with Crippen LogP contribution in [0.4, 0.5) is 4.39 Å². The van der Waals surface area contributed by atoms with Crippen molar-refractivity contribution >= 4 is 24.4 Å². The van der Waals surface area contributed by atoms with E-state index >= 15 is 0 Å². The minimum absolute atomic E-state index is 0.126. The molecule has 102 valence electrons. The molecular formula is C13H15FN2O2S. The first kappa shape index (κ1) is 13.9. The maximum Gasteiger partial charge on any atom is 0.254 e. The maximum absolute atomic E-state index is 13.1. The summed E-state index contributed by atoms with van der Waals surface area (Å²) in [5.74, 6) is -0.899. The minimum Gasteiger partial charge on any atom is -0.357 e. The third-order valence-electron chi connectivity index (χ3n) is 3.26. The predicted molar refractivity (Wildman–Crippen MR) is 71.8 cm³/mol. The van der Waals surface area contributed by atoms with Gasteiger partial charge < -0.3 is 10.2 Å². The summed E-state index contributed by atoms with van der Waals surface area (Å²) in [6.07, 6.45) is 1.44. The Labute approximate surface area is 116 Å². The molecule has 0 bridgehead atoms. The van der Waals surface area contributed by atoms with Crippen LogP contribution >= 0.6 is 12.6 Å². The molecule has 1 atom stereocenters. The van der Waals surface area contributed by atoms with Gasteiger partial charge in [0.15, 0.2) is 0 Å². The number of benzene rings is 1. The Kier molecular flexibility index (Phi) is 4.09. The minimum atomic E-state index is -0.468. The lowest BCUT2D eigenvalue weighted by atomic mass is 10.1. The quantitative estimate of drug-likeness (QED) is 0.807. The number of carbonyl (C=O) groups is 2. The van der Waals surface area contributed by atoms with Crippen molar-refractivity contribution < 1.29 is 14.0 Å². The monoisotopic (exact) mass is 282 g/mol. The van der Waals surface area contributed by atoms with Crippen molar-refractivity contribution in [2.45, 2.75) is 23.8 Å². The van der Waals surface area contributed by atoms with Crippen LogP contribution in [0, 0.1) is 5.82 Å². The van der Waals surface area contributed by atoms with Gasteiger partial charge in [0.25, 0.3) is 5.91 Å². The molecule has 0 radical (unpaired) electrons. The van der Waals surface area contributed by atoms with Crippen molar-refractivity contribution in [2.24, 2.45) is 0 Å². The first-order valence-corrected chi connectivity index (χ1v) is 6.50. The summed E-state index contributed by atoms with van der Waals surface area (Å²) >= 11 is 3.96. The van der Waals surface area contributed by atoms with Gasteiger partial charge in [0, 0.05) is 24.1 Å². The number of nitrogens with zero attached hydrogens (tertiary/aromatic N) is 1. The van der Waals surface area contributed by atoms with Gasteiger partial charge in [-0.25, -0.2) is 4.39 Å². The Morgan fingerprint density at radius 2 is 2.21 bits per heavy atom. The zero-order valence-electron chi connectivity index (χ0n) is 10.5. The number of halogens is 1. The summed E-state index contributed by atoms with van der Waals surface area (Å²) < 4.78 is 13.1. The third kappa shape index (κ3) is 2.73. The van der Waals surface area contributed by atoms with Crippen molar-refractivity contribution in [1.82, 2.24) is 10.2 Å². The van der Waals surface area contributed by atoms with Crippen molar-refractivity contribution in [2.75, 3.05) is 13.6 Å². The number of carbonyl (C=O) groups excluding carboxylic acids is 2. The number of hydrogen-bond donors (Lipinski definition) is 2. The number of amides is 2. The molecule has 0 aromatic heterocycles.